The lowest BCUT2D eigenvalue weighted by Gasteiger charge is -2.21. The molecule has 2 aromatic heterocycles. The van der Waals surface area contributed by atoms with Crippen LogP contribution in [0, 0.1) is 0 Å². The molecule has 7 nitrogen and oxygen atoms in total. The van der Waals surface area contributed by atoms with Crippen molar-refractivity contribution in [2.45, 2.75) is 13.1 Å². The average molecular weight is 414 g/mol. The van der Waals surface area contributed by atoms with Crippen molar-refractivity contribution in [1.29, 1.82) is 0 Å². The third kappa shape index (κ3) is 5.39. The zero-order valence-electron chi connectivity index (χ0n) is 16.2. The van der Waals surface area contributed by atoms with Gasteiger partial charge in [0.05, 0.1) is 40.1 Å². The van der Waals surface area contributed by atoms with Gasteiger partial charge in [-0.15, -0.1) is 11.3 Å². The maximum absolute atomic E-state index is 12.8. The number of carbonyl (C=O) groups is 2. The van der Waals surface area contributed by atoms with E-state index in [4.69, 9.17) is 13.9 Å². The highest BCUT2D eigenvalue weighted by atomic mass is 32.1. The summed E-state index contributed by atoms with van der Waals surface area (Å²) < 4.78 is 15.8. The summed E-state index contributed by atoms with van der Waals surface area (Å²) in [5.41, 5.74) is 0.381. The Morgan fingerprint density at radius 2 is 1.90 bits per heavy atom. The quantitative estimate of drug-likeness (QED) is 0.581. The second-order valence-corrected chi connectivity index (χ2v) is 7.19. The van der Waals surface area contributed by atoms with Crippen molar-refractivity contribution in [1.82, 2.24) is 10.2 Å². The molecule has 1 aromatic carbocycles. The van der Waals surface area contributed by atoms with E-state index in [-0.39, 0.29) is 18.4 Å². The van der Waals surface area contributed by atoms with E-state index in [1.165, 1.54) is 14.2 Å². The topological polar surface area (TPSA) is 81.0 Å². The minimum absolute atomic E-state index is 0.126. The summed E-state index contributed by atoms with van der Waals surface area (Å²) in [4.78, 5) is 28.0. The molecule has 0 saturated carbocycles. The Hall–Kier alpha value is -3.26. The van der Waals surface area contributed by atoms with Gasteiger partial charge in [0.1, 0.15) is 5.76 Å². The minimum Gasteiger partial charge on any atom is -0.493 e. The first-order valence-corrected chi connectivity index (χ1v) is 9.81. The van der Waals surface area contributed by atoms with Crippen molar-refractivity contribution < 1.29 is 23.5 Å². The molecule has 8 heteroatoms. The summed E-state index contributed by atoms with van der Waals surface area (Å²) in [5, 5.41) is 4.64. The number of hydrogen-bond acceptors (Lipinski definition) is 6. The molecular formula is C21H22N2O5S. The zero-order chi connectivity index (χ0) is 20.6. The van der Waals surface area contributed by atoms with Gasteiger partial charge in [0.2, 0.25) is 5.91 Å². The van der Waals surface area contributed by atoms with Crippen molar-refractivity contribution in [3.05, 3.63) is 70.3 Å². The molecule has 0 aliphatic rings. The summed E-state index contributed by atoms with van der Waals surface area (Å²) in [5.74, 6) is 1.09. The van der Waals surface area contributed by atoms with Crippen LogP contribution >= 0.6 is 11.3 Å². The molecule has 0 radical (unpaired) electrons. The Bertz CT molecular complexity index is 902. The predicted molar refractivity (Wildman–Crippen MR) is 109 cm³/mol. The number of rotatable bonds is 9. The van der Waals surface area contributed by atoms with Gasteiger partial charge in [0.15, 0.2) is 11.5 Å². The predicted octanol–water partition coefficient (Wildman–Crippen LogP) is 3.32. The van der Waals surface area contributed by atoms with Crippen molar-refractivity contribution in [3.63, 3.8) is 0 Å². The second-order valence-electron chi connectivity index (χ2n) is 6.16. The number of methoxy groups -OCH3 is 2. The molecule has 0 atom stereocenters. The lowest BCUT2D eigenvalue weighted by atomic mass is 10.2. The van der Waals surface area contributed by atoms with Gasteiger partial charge in [-0.2, -0.15) is 0 Å². The number of furan rings is 1. The maximum atomic E-state index is 12.8. The van der Waals surface area contributed by atoms with Crippen LogP contribution in [0.4, 0.5) is 0 Å². The maximum Gasteiger partial charge on any atom is 0.251 e. The van der Waals surface area contributed by atoms with Crippen LogP contribution in [-0.4, -0.2) is 37.5 Å². The van der Waals surface area contributed by atoms with Gasteiger partial charge in [0.25, 0.3) is 5.91 Å². The standard InChI is InChI=1S/C21H22N2O5S/c1-26-18-8-7-15(11-19(18)27-2)21(25)22-12-20(24)23(13-16-5-3-9-28-16)14-17-6-4-10-29-17/h3-11H,12-14H2,1-2H3,(H,22,25). The van der Waals surface area contributed by atoms with E-state index >= 15 is 0 Å². The first-order valence-electron chi connectivity index (χ1n) is 8.93. The number of nitrogens with zero attached hydrogens (tertiary/aromatic N) is 1. The summed E-state index contributed by atoms with van der Waals surface area (Å²) in [6.45, 7) is 0.651. The SMILES string of the molecule is COc1ccc(C(=O)NCC(=O)N(Cc2ccco2)Cc2cccs2)cc1OC. The molecule has 152 valence electrons. The monoisotopic (exact) mass is 414 g/mol. The van der Waals surface area contributed by atoms with E-state index in [1.54, 1.807) is 46.8 Å². The molecule has 0 spiro atoms. The third-order valence-corrected chi connectivity index (χ3v) is 5.11. The van der Waals surface area contributed by atoms with Crippen LogP contribution in [0.5, 0.6) is 11.5 Å². The highest BCUT2D eigenvalue weighted by Gasteiger charge is 2.18. The normalized spacial score (nSPS) is 10.4. The minimum atomic E-state index is -0.367. The number of nitrogens with one attached hydrogen (secondary N) is 1. The number of amides is 2. The molecule has 2 amide bonds. The van der Waals surface area contributed by atoms with E-state index in [0.717, 1.165) is 4.88 Å². The fourth-order valence-corrected chi connectivity index (χ4v) is 3.48. The third-order valence-electron chi connectivity index (χ3n) is 4.25. The molecular weight excluding hydrogens is 392 g/mol. The molecule has 0 aliphatic heterocycles. The highest BCUT2D eigenvalue weighted by molar-refractivity contribution is 7.09. The molecule has 29 heavy (non-hydrogen) atoms. The van der Waals surface area contributed by atoms with E-state index in [9.17, 15) is 9.59 Å². The lowest BCUT2D eigenvalue weighted by molar-refractivity contribution is -0.131. The Kier molecular flexibility index (Phi) is 6.91. The number of hydrogen-bond donors (Lipinski definition) is 1. The number of ether oxygens (including phenoxy) is 2. The van der Waals surface area contributed by atoms with E-state index in [1.807, 2.05) is 23.6 Å². The molecule has 0 aliphatic carbocycles. The van der Waals surface area contributed by atoms with Gasteiger partial charge in [0, 0.05) is 10.4 Å². The van der Waals surface area contributed by atoms with Gasteiger partial charge < -0.3 is 24.1 Å². The van der Waals surface area contributed by atoms with Crippen LogP contribution in [0.2, 0.25) is 0 Å². The van der Waals surface area contributed by atoms with E-state index < -0.39 is 0 Å². The van der Waals surface area contributed by atoms with E-state index in [2.05, 4.69) is 5.32 Å². The second kappa shape index (κ2) is 9.79. The van der Waals surface area contributed by atoms with Crippen molar-refractivity contribution in [2.75, 3.05) is 20.8 Å². The number of thiophene rings is 1. The van der Waals surface area contributed by atoms with Gasteiger partial charge in [-0.1, -0.05) is 6.07 Å². The summed E-state index contributed by atoms with van der Waals surface area (Å²) >= 11 is 1.57. The summed E-state index contributed by atoms with van der Waals surface area (Å²) in [6.07, 6.45) is 1.57. The highest BCUT2D eigenvalue weighted by Crippen LogP contribution is 2.27. The van der Waals surface area contributed by atoms with Gasteiger partial charge in [-0.05, 0) is 41.8 Å². The van der Waals surface area contributed by atoms with Crippen molar-refractivity contribution in [3.8, 4) is 11.5 Å². The molecule has 1 N–H and O–H groups in total. The number of benzene rings is 1. The van der Waals surface area contributed by atoms with E-state index in [0.29, 0.717) is 35.9 Å². The van der Waals surface area contributed by atoms with Gasteiger partial charge in [-0.25, -0.2) is 0 Å². The zero-order valence-corrected chi connectivity index (χ0v) is 17.0. The largest absolute Gasteiger partial charge is 0.493 e. The average Bonchev–Trinajstić information content (AvgIpc) is 3.45. The van der Waals surface area contributed by atoms with Crippen LogP contribution in [0.1, 0.15) is 21.0 Å². The first kappa shape index (κ1) is 20.5. The molecule has 0 unspecified atom stereocenters. The van der Waals surface area contributed by atoms with Crippen molar-refractivity contribution in [2.24, 2.45) is 0 Å². The molecule has 3 aromatic rings. The lowest BCUT2D eigenvalue weighted by Crippen LogP contribution is -2.39. The fourth-order valence-electron chi connectivity index (χ4n) is 2.76. The van der Waals surface area contributed by atoms with Crippen LogP contribution in [-0.2, 0) is 17.9 Å². The molecule has 0 fully saturated rings. The molecule has 0 bridgehead atoms. The molecule has 0 saturated heterocycles. The Labute approximate surface area is 172 Å². The molecule has 2 heterocycles. The Morgan fingerprint density at radius 1 is 1.07 bits per heavy atom. The number of carbonyl (C=O) groups excluding carboxylic acids is 2. The summed E-state index contributed by atoms with van der Waals surface area (Å²) in [6, 6.07) is 12.3. The van der Waals surface area contributed by atoms with Crippen LogP contribution < -0.4 is 14.8 Å². The Morgan fingerprint density at radius 3 is 2.55 bits per heavy atom. The van der Waals surface area contributed by atoms with Crippen LogP contribution in [0.25, 0.3) is 0 Å². The Balaban J connectivity index is 1.65. The first-order chi connectivity index (χ1) is 14.1. The summed E-state index contributed by atoms with van der Waals surface area (Å²) in [7, 11) is 3.03. The van der Waals surface area contributed by atoms with Crippen LogP contribution in [0.15, 0.2) is 58.5 Å². The fraction of sp³-hybridized carbons (Fsp3) is 0.238. The smallest absolute Gasteiger partial charge is 0.251 e. The molecule has 3 rings (SSSR count). The van der Waals surface area contributed by atoms with Gasteiger partial charge in [-0.3, -0.25) is 9.59 Å². The van der Waals surface area contributed by atoms with Gasteiger partial charge >= 0.3 is 0 Å². The van der Waals surface area contributed by atoms with Crippen molar-refractivity contribution >= 4 is 23.2 Å². The van der Waals surface area contributed by atoms with Crippen LogP contribution in [0.3, 0.4) is 0 Å².